The van der Waals surface area contributed by atoms with Crippen molar-refractivity contribution in [2.75, 3.05) is 40.1 Å². The third-order valence-corrected chi connectivity index (χ3v) is 2.55. The first kappa shape index (κ1) is 17.4. The Bertz CT molecular complexity index is 403. The lowest BCUT2D eigenvalue weighted by atomic mass is 10.2. The maximum Gasteiger partial charge on any atom is 0.338 e. The van der Waals surface area contributed by atoms with Crippen molar-refractivity contribution in [3.63, 3.8) is 0 Å². The largest absolute Gasteiger partial charge is 0.491 e. The fourth-order valence-corrected chi connectivity index (χ4v) is 1.50. The third-order valence-electron chi connectivity index (χ3n) is 2.55. The van der Waals surface area contributed by atoms with Gasteiger partial charge in [0.2, 0.25) is 0 Å². The molecule has 1 unspecified atom stereocenters. The Morgan fingerprint density at radius 2 is 1.90 bits per heavy atom. The molecular formula is C15H22O6. The monoisotopic (exact) mass is 298 g/mol. The van der Waals surface area contributed by atoms with Gasteiger partial charge in [-0.1, -0.05) is 0 Å². The summed E-state index contributed by atoms with van der Waals surface area (Å²) >= 11 is 0. The molecule has 118 valence electrons. The van der Waals surface area contributed by atoms with Crippen LogP contribution >= 0.6 is 0 Å². The molecule has 1 rings (SSSR count). The molecule has 0 amide bonds. The summed E-state index contributed by atoms with van der Waals surface area (Å²) in [5.41, 5.74) is 0.465. The molecule has 0 saturated carbocycles. The molecule has 0 spiro atoms. The number of hydrogen-bond donors (Lipinski definition) is 1. The van der Waals surface area contributed by atoms with Crippen LogP contribution in [0.4, 0.5) is 0 Å². The number of benzene rings is 1. The van der Waals surface area contributed by atoms with E-state index in [0.29, 0.717) is 31.1 Å². The molecule has 6 heteroatoms. The van der Waals surface area contributed by atoms with Crippen LogP contribution in [-0.2, 0) is 14.2 Å². The molecule has 1 aromatic carbocycles. The van der Waals surface area contributed by atoms with E-state index in [4.69, 9.17) is 18.9 Å². The minimum atomic E-state index is -0.716. The maximum atomic E-state index is 11.5. The Morgan fingerprint density at radius 1 is 1.19 bits per heavy atom. The summed E-state index contributed by atoms with van der Waals surface area (Å²) < 4.78 is 20.3. The van der Waals surface area contributed by atoms with E-state index < -0.39 is 6.10 Å². The third kappa shape index (κ3) is 7.08. The summed E-state index contributed by atoms with van der Waals surface area (Å²) in [6.07, 6.45) is -0.716. The molecule has 0 aliphatic heterocycles. The van der Waals surface area contributed by atoms with Crippen molar-refractivity contribution in [2.45, 2.75) is 13.0 Å². The lowest BCUT2D eigenvalue weighted by Crippen LogP contribution is -2.24. The number of carbonyl (C=O) groups excluding carboxylic acids is 1. The minimum Gasteiger partial charge on any atom is -0.491 e. The zero-order chi connectivity index (χ0) is 15.5. The molecule has 0 bridgehead atoms. The quantitative estimate of drug-likeness (QED) is 0.518. The van der Waals surface area contributed by atoms with Crippen LogP contribution in [0, 0.1) is 0 Å². The van der Waals surface area contributed by atoms with Crippen LogP contribution in [-0.4, -0.2) is 57.3 Å². The van der Waals surface area contributed by atoms with E-state index in [0.717, 1.165) is 0 Å². The molecule has 1 atom stereocenters. The molecule has 0 aromatic heterocycles. The van der Waals surface area contributed by atoms with Gasteiger partial charge in [-0.2, -0.15) is 0 Å². The van der Waals surface area contributed by atoms with Crippen molar-refractivity contribution in [2.24, 2.45) is 0 Å². The van der Waals surface area contributed by atoms with Gasteiger partial charge in [0.05, 0.1) is 32.0 Å². The summed E-state index contributed by atoms with van der Waals surface area (Å²) in [6, 6.07) is 6.55. The van der Waals surface area contributed by atoms with Crippen LogP contribution in [0.3, 0.4) is 0 Å². The Kier molecular flexibility index (Phi) is 8.42. The molecule has 1 aromatic rings. The highest BCUT2D eigenvalue weighted by molar-refractivity contribution is 5.89. The van der Waals surface area contributed by atoms with Crippen molar-refractivity contribution in [1.82, 2.24) is 0 Å². The van der Waals surface area contributed by atoms with E-state index in [9.17, 15) is 9.90 Å². The van der Waals surface area contributed by atoms with Crippen LogP contribution in [0.1, 0.15) is 17.3 Å². The van der Waals surface area contributed by atoms with Crippen molar-refractivity contribution in [1.29, 1.82) is 0 Å². The van der Waals surface area contributed by atoms with E-state index in [1.54, 1.807) is 38.3 Å². The van der Waals surface area contributed by atoms with Gasteiger partial charge in [-0.3, -0.25) is 0 Å². The first-order valence-corrected chi connectivity index (χ1v) is 6.82. The smallest absolute Gasteiger partial charge is 0.338 e. The summed E-state index contributed by atoms with van der Waals surface area (Å²) in [6.45, 7) is 3.32. The molecule has 0 saturated heterocycles. The highest BCUT2D eigenvalue weighted by atomic mass is 16.5. The zero-order valence-electron chi connectivity index (χ0n) is 12.4. The zero-order valence-corrected chi connectivity index (χ0v) is 12.4. The number of aliphatic hydroxyl groups excluding tert-OH is 1. The lowest BCUT2D eigenvalue weighted by Gasteiger charge is -2.13. The average molecular weight is 298 g/mol. The molecule has 1 N–H and O–H groups in total. The fourth-order valence-electron chi connectivity index (χ4n) is 1.50. The lowest BCUT2D eigenvalue weighted by molar-refractivity contribution is -0.00419. The normalized spacial score (nSPS) is 12.0. The Labute approximate surface area is 124 Å². The van der Waals surface area contributed by atoms with Crippen molar-refractivity contribution in [3.05, 3.63) is 29.8 Å². The molecule has 0 aliphatic rings. The number of carbonyl (C=O) groups is 1. The van der Waals surface area contributed by atoms with Gasteiger partial charge < -0.3 is 24.1 Å². The molecule has 0 heterocycles. The van der Waals surface area contributed by atoms with E-state index in [1.807, 2.05) is 0 Å². The second kappa shape index (κ2) is 10.1. The van der Waals surface area contributed by atoms with Crippen LogP contribution in [0.25, 0.3) is 0 Å². The first-order valence-electron chi connectivity index (χ1n) is 6.82. The van der Waals surface area contributed by atoms with Crippen LogP contribution in [0.15, 0.2) is 24.3 Å². The van der Waals surface area contributed by atoms with E-state index in [-0.39, 0.29) is 19.2 Å². The topological polar surface area (TPSA) is 74.2 Å². The SMILES string of the molecule is CCOC(=O)c1ccc(OCC(O)COCCOC)cc1. The highest BCUT2D eigenvalue weighted by Gasteiger charge is 2.08. The first-order chi connectivity index (χ1) is 10.2. The summed E-state index contributed by atoms with van der Waals surface area (Å²) in [7, 11) is 1.59. The second-order valence-corrected chi connectivity index (χ2v) is 4.28. The number of hydrogen-bond acceptors (Lipinski definition) is 6. The van der Waals surface area contributed by atoms with Crippen LogP contribution < -0.4 is 4.74 Å². The van der Waals surface area contributed by atoms with E-state index >= 15 is 0 Å². The Hall–Kier alpha value is -1.63. The maximum absolute atomic E-state index is 11.5. The molecule has 0 radical (unpaired) electrons. The molecule has 0 fully saturated rings. The van der Waals surface area contributed by atoms with Gasteiger partial charge in [-0.05, 0) is 31.2 Å². The predicted octanol–water partition coefficient (Wildman–Crippen LogP) is 1.27. The second-order valence-electron chi connectivity index (χ2n) is 4.28. The van der Waals surface area contributed by atoms with E-state index in [1.165, 1.54) is 0 Å². The standard InChI is InChI=1S/C15H22O6/c1-3-20-15(17)12-4-6-14(7-5-12)21-11-13(16)10-19-9-8-18-2/h4-7,13,16H,3,8-11H2,1-2H3. The van der Waals surface area contributed by atoms with Gasteiger partial charge in [-0.15, -0.1) is 0 Å². The Morgan fingerprint density at radius 3 is 2.52 bits per heavy atom. The number of methoxy groups -OCH3 is 1. The number of esters is 1. The summed E-state index contributed by atoms with van der Waals surface area (Å²) in [5.74, 6) is 0.203. The van der Waals surface area contributed by atoms with Gasteiger partial charge in [0, 0.05) is 7.11 Å². The van der Waals surface area contributed by atoms with Gasteiger partial charge in [0.1, 0.15) is 18.5 Å². The molecular weight excluding hydrogens is 276 g/mol. The fraction of sp³-hybridized carbons (Fsp3) is 0.533. The van der Waals surface area contributed by atoms with Crippen LogP contribution in [0.5, 0.6) is 5.75 Å². The molecule has 0 aliphatic carbocycles. The highest BCUT2D eigenvalue weighted by Crippen LogP contribution is 2.13. The van der Waals surface area contributed by atoms with Crippen molar-refractivity contribution < 1.29 is 28.8 Å². The Balaban J connectivity index is 2.30. The van der Waals surface area contributed by atoms with E-state index in [2.05, 4.69) is 0 Å². The summed E-state index contributed by atoms with van der Waals surface area (Å²) in [4.78, 5) is 11.5. The summed E-state index contributed by atoms with van der Waals surface area (Å²) in [5, 5.41) is 9.66. The van der Waals surface area contributed by atoms with Crippen LogP contribution in [0.2, 0.25) is 0 Å². The van der Waals surface area contributed by atoms with Gasteiger partial charge in [-0.25, -0.2) is 4.79 Å². The number of rotatable bonds is 10. The minimum absolute atomic E-state index is 0.117. The van der Waals surface area contributed by atoms with Gasteiger partial charge >= 0.3 is 5.97 Å². The molecule has 21 heavy (non-hydrogen) atoms. The predicted molar refractivity (Wildman–Crippen MR) is 76.6 cm³/mol. The van der Waals surface area contributed by atoms with Crippen molar-refractivity contribution in [3.8, 4) is 5.75 Å². The number of ether oxygens (including phenoxy) is 4. The van der Waals surface area contributed by atoms with Crippen molar-refractivity contribution >= 4 is 5.97 Å². The van der Waals surface area contributed by atoms with Gasteiger partial charge in [0.25, 0.3) is 0 Å². The molecule has 6 nitrogen and oxygen atoms in total. The average Bonchev–Trinajstić information content (AvgIpc) is 2.50. The van der Waals surface area contributed by atoms with Gasteiger partial charge in [0.15, 0.2) is 0 Å². The number of aliphatic hydroxyl groups is 1.